The van der Waals surface area contributed by atoms with Gasteiger partial charge in [-0.3, -0.25) is 0 Å². The van der Waals surface area contributed by atoms with Crippen molar-refractivity contribution in [3.05, 3.63) is 35.1 Å². The van der Waals surface area contributed by atoms with Gasteiger partial charge in [0.25, 0.3) is 0 Å². The van der Waals surface area contributed by atoms with Crippen LogP contribution in [0.25, 0.3) is 0 Å². The first-order chi connectivity index (χ1) is 8.10. The molecule has 1 aromatic rings. The van der Waals surface area contributed by atoms with Gasteiger partial charge in [-0.15, -0.1) is 0 Å². The van der Waals surface area contributed by atoms with Crippen LogP contribution in [0.1, 0.15) is 23.7 Å². The molecule has 0 saturated carbocycles. The first-order valence-electron chi connectivity index (χ1n) is 5.31. The topological polar surface area (TPSA) is 90.3 Å². The van der Waals surface area contributed by atoms with Gasteiger partial charge in [-0.1, -0.05) is 6.07 Å². The number of nitriles is 1. The lowest BCUT2D eigenvalue weighted by atomic mass is 9.99. The Bertz CT molecular complexity index is 417. The molecule has 4 nitrogen and oxygen atoms in total. The highest BCUT2D eigenvalue weighted by molar-refractivity contribution is 5.29. The second-order valence-corrected chi connectivity index (χ2v) is 3.78. The maximum absolute atomic E-state index is 13.5. The Balaban J connectivity index is 2.95. The summed E-state index contributed by atoms with van der Waals surface area (Å²) < 4.78 is 13.5. The number of benzene rings is 1. The molecule has 0 heterocycles. The highest BCUT2D eigenvalue weighted by atomic mass is 19.1. The number of rotatable bonds is 5. The van der Waals surface area contributed by atoms with Gasteiger partial charge in [-0.2, -0.15) is 5.26 Å². The normalized spacial score (nSPS) is 14.1. The van der Waals surface area contributed by atoms with Gasteiger partial charge < -0.3 is 15.9 Å². The van der Waals surface area contributed by atoms with E-state index < -0.39 is 18.0 Å². The Labute approximate surface area is 99.1 Å². The summed E-state index contributed by atoms with van der Waals surface area (Å²) in [6, 6.07) is 5.99. The van der Waals surface area contributed by atoms with Crippen molar-refractivity contribution in [2.45, 2.75) is 25.0 Å². The summed E-state index contributed by atoms with van der Waals surface area (Å²) in [7, 11) is 0. The lowest BCUT2D eigenvalue weighted by Gasteiger charge is -2.18. The number of aliphatic hydroxyl groups is 2. The van der Waals surface area contributed by atoms with Crippen LogP contribution in [0.3, 0.4) is 0 Å². The van der Waals surface area contributed by atoms with E-state index in [1.54, 1.807) is 0 Å². The van der Waals surface area contributed by atoms with E-state index in [2.05, 4.69) is 0 Å². The van der Waals surface area contributed by atoms with Crippen molar-refractivity contribution >= 4 is 0 Å². The molecule has 0 fully saturated rings. The van der Waals surface area contributed by atoms with E-state index in [0.29, 0.717) is 5.56 Å². The van der Waals surface area contributed by atoms with E-state index in [0.717, 1.165) is 0 Å². The van der Waals surface area contributed by atoms with E-state index in [9.17, 15) is 14.6 Å². The van der Waals surface area contributed by atoms with Crippen molar-refractivity contribution in [3.8, 4) is 6.07 Å². The van der Waals surface area contributed by atoms with Crippen molar-refractivity contribution in [1.29, 1.82) is 5.26 Å². The highest BCUT2D eigenvalue weighted by Gasteiger charge is 2.21. The fraction of sp³-hybridized carbons (Fsp3) is 0.417. The molecule has 1 aromatic carbocycles. The van der Waals surface area contributed by atoms with Crippen molar-refractivity contribution in [3.63, 3.8) is 0 Å². The van der Waals surface area contributed by atoms with Crippen LogP contribution in [0.15, 0.2) is 18.2 Å². The minimum atomic E-state index is -1.32. The summed E-state index contributed by atoms with van der Waals surface area (Å²) in [6.07, 6.45) is -2.11. The van der Waals surface area contributed by atoms with Crippen molar-refractivity contribution in [1.82, 2.24) is 0 Å². The van der Waals surface area contributed by atoms with Crippen LogP contribution >= 0.6 is 0 Å². The number of nitrogens with zero attached hydrogens (tertiary/aromatic N) is 1. The zero-order valence-electron chi connectivity index (χ0n) is 9.31. The van der Waals surface area contributed by atoms with E-state index in [-0.39, 0.29) is 24.9 Å². The van der Waals surface area contributed by atoms with Gasteiger partial charge in [-0.05, 0) is 30.7 Å². The monoisotopic (exact) mass is 238 g/mol. The lowest BCUT2D eigenvalue weighted by Crippen LogP contribution is -2.22. The Morgan fingerprint density at radius 2 is 2.12 bits per heavy atom. The molecule has 0 aliphatic carbocycles. The molecule has 0 spiro atoms. The Morgan fingerprint density at radius 3 is 2.71 bits per heavy atom. The van der Waals surface area contributed by atoms with E-state index in [1.165, 1.54) is 18.2 Å². The molecular formula is C12H15FN2O2. The average Bonchev–Trinajstić information content (AvgIpc) is 2.31. The maximum Gasteiger partial charge on any atom is 0.129 e. The van der Waals surface area contributed by atoms with Gasteiger partial charge >= 0.3 is 0 Å². The molecule has 0 aliphatic rings. The molecule has 0 radical (unpaired) electrons. The standard InChI is InChI=1S/C12H15FN2O2/c13-10-2-1-8(3-5-14)7-9(10)12(17)11(16)4-6-15/h1-2,7,11-12,16-17H,3-4,6,15H2. The fourth-order valence-electron chi connectivity index (χ4n) is 1.56. The predicted octanol–water partition coefficient (Wildman–Crippen LogP) is 0.635. The number of hydrogen-bond donors (Lipinski definition) is 3. The zero-order chi connectivity index (χ0) is 12.8. The van der Waals surface area contributed by atoms with Crippen LogP contribution in [-0.4, -0.2) is 22.9 Å². The largest absolute Gasteiger partial charge is 0.390 e. The molecule has 4 N–H and O–H groups in total. The lowest BCUT2D eigenvalue weighted by molar-refractivity contribution is 0.0129. The molecule has 5 heteroatoms. The van der Waals surface area contributed by atoms with Crippen LogP contribution in [0.5, 0.6) is 0 Å². The van der Waals surface area contributed by atoms with E-state index in [1.807, 2.05) is 6.07 Å². The van der Waals surface area contributed by atoms with Gasteiger partial charge in [0, 0.05) is 5.56 Å². The van der Waals surface area contributed by atoms with Gasteiger partial charge in [-0.25, -0.2) is 4.39 Å². The summed E-state index contributed by atoms with van der Waals surface area (Å²) in [6.45, 7) is 0.206. The van der Waals surface area contributed by atoms with Gasteiger partial charge in [0.15, 0.2) is 0 Å². The van der Waals surface area contributed by atoms with Gasteiger partial charge in [0.1, 0.15) is 11.9 Å². The van der Waals surface area contributed by atoms with Gasteiger partial charge in [0.2, 0.25) is 0 Å². The highest BCUT2D eigenvalue weighted by Crippen LogP contribution is 2.23. The van der Waals surface area contributed by atoms with Crippen molar-refractivity contribution < 1.29 is 14.6 Å². The van der Waals surface area contributed by atoms with E-state index >= 15 is 0 Å². The zero-order valence-corrected chi connectivity index (χ0v) is 9.31. The summed E-state index contributed by atoms with van der Waals surface area (Å²) in [5.74, 6) is -0.602. The molecule has 17 heavy (non-hydrogen) atoms. The minimum Gasteiger partial charge on any atom is -0.390 e. The third kappa shape index (κ3) is 3.49. The molecule has 2 unspecified atom stereocenters. The fourth-order valence-corrected chi connectivity index (χ4v) is 1.56. The third-order valence-electron chi connectivity index (χ3n) is 2.49. The second kappa shape index (κ2) is 6.30. The van der Waals surface area contributed by atoms with Gasteiger partial charge in [0.05, 0.1) is 18.6 Å². The van der Waals surface area contributed by atoms with Crippen LogP contribution < -0.4 is 5.73 Å². The molecule has 0 aromatic heterocycles. The van der Waals surface area contributed by atoms with Crippen LogP contribution in [0.4, 0.5) is 4.39 Å². The Morgan fingerprint density at radius 1 is 1.41 bits per heavy atom. The second-order valence-electron chi connectivity index (χ2n) is 3.78. The molecule has 0 saturated heterocycles. The molecule has 0 aliphatic heterocycles. The van der Waals surface area contributed by atoms with Crippen LogP contribution in [0, 0.1) is 17.1 Å². The number of hydrogen-bond acceptors (Lipinski definition) is 4. The molecule has 92 valence electrons. The quantitative estimate of drug-likeness (QED) is 0.702. The predicted molar refractivity (Wildman–Crippen MR) is 60.4 cm³/mol. The third-order valence-corrected chi connectivity index (χ3v) is 2.49. The number of nitrogens with two attached hydrogens (primary N) is 1. The summed E-state index contributed by atoms with van der Waals surface area (Å²) in [5.41, 5.74) is 5.85. The molecule has 0 amide bonds. The number of halogens is 1. The van der Waals surface area contributed by atoms with Crippen molar-refractivity contribution in [2.24, 2.45) is 5.73 Å². The molecule has 2 atom stereocenters. The summed E-state index contributed by atoms with van der Waals surface area (Å²) in [5, 5.41) is 27.9. The number of aliphatic hydroxyl groups excluding tert-OH is 2. The first-order valence-corrected chi connectivity index (χ1v) is 5.31. The minimum absolute atomic E-state index is 0.00120. The SMILES string of the molecule is N#CCc1ccc(F)c(C(O)C(O)CCN)c1. The maximum atomic E-state index is 13.5. The molecule has 0 bridgehead atoms. The average molecular weight is 238 g/mol. The van der Waals surface area contributed by atoms with E-state index in [4.69, 9.17) is 11.0 Å². The smallest absolute Gasteiger partial charge is 0.129 e. The first kappa shape index (κ1) is 13.6. The van der Waals surface area contributed by atoms with Crippen LogP contribution in [-0.2, 0) is 6.42 Å². The summed E-state index contributed by atoms with van der Waals surface area (Å²) >= 11 is 0. The Kier molecular flexibility index (Phi) is 5.04. The summed E-state index contributed by atoms with van der Waals surface area (Å²) in [4.78, 5) is 0. The van der Waals surface area contributed by atoms with Crippen LogP contribution in [0.2, 0.25) is 0 Å². The Hall–Kier alpha value is -1.48. The molecular weight excluding hydrogens is 223 g/mol. The molecule has 1 rings (SSSR count). The van der Waals surface area contributed by atoms with Crippen molar-refractivity contribution in [2.75, 3.05) is 6.54 Å².